The highest BCUT2D eigenvalue weighted by molar-refractivity contribution is 7.90. The SMILES string of the molecule is CC(CS(C)(=O)=O)NC(=O)CC1CCNC1. The van der Waals surface area contributed by atoms with E-state index in [1.165, 1.54) is 6.26 Å². The van der Waals surface area contributed by atoms with E-state index in [2.05, 4.69) is 10.6 Å². The number of rotatable bonds is 5. The molecule has 6 heteroatoms. The molecule has 1 rings (SSSR count). The molecule has 5 nitrogen and oxygen atoms in total. The molecule has 0 aromatic rings. The minimum absolute atomic E-state index is 0.00164. The van der Waals surface area contributed by atoms with Crippen LogP contribution in [0.25, 0.3) is 0 Å². The van der Waals surface area contributed by atoms with Crippen LogP contribution in [-0.2, 0) is 14.6 Å². The lowest BCUT2D eigenvalue weighted by Gasteiger charge is -2.14. The summed E-state index contributed by atoms with van der Waals surface area (Å²) in [5, 5.41) is 5.91. The maximum atomic E-state index is 11.6. The third kappa shape index (κ3) is 5.46. The van der Waals surface area contributed by atoms with Gasteiger partial charge >= 0.3 is 0 Å². The Morgan fingerprint density at radius 2 is 2.25 bits per heavy atom. The Hall–Kier alpha value is -0.620. The van der Waals surface area contributed by atoms with Crippen LogP contribution in [0.15, 0.2) is 0 Å². The van der Waals surface area contributed by atoms with Crippen LogP contribution in [0.4, 0.5) is 0 Å². The fourth-order valence-corrected chi connectivity index (χ4v) is 2.97. The van der Waals surface area contributed by atoms with E-state index in [0.29, 0.717) is 12.3 Å². The molecule has 94 valence electrons. The topological polar surface area (TPSA) is 75.3 Å². The third-order valence-corrected chi connectivity index (χ3v) is 3.70. The van der Waals surface area contributed by atoms with Gasteiger partial charge in [0.15, 0.2) is 0 Å². The van der Waals surface area contributed by atoms with Gasteiger partial charge in [0.2, 0.25) is 5.91 Å². The first-order chi connectivity index (χ1) is 7.37. The lowest BCUT2D eigenvalue weighted by Crippen LogP contribution is -2.38. The van der Waals surface area contributed by atoms with Gasteiger partial charge in [-0.2, -0.15) is 0 Å². The summed E-state index contributed by atoms with van der Waals surface area (Å²) in [5.41, 5.74) is 0. The van der Waals surface area contributed by atoms with Gasteiger partial charge in [0.1, 0.15) is 9.84 Å². The highest BCUT2D eigenvalue weighted by Gasteiger charge is 2.19. The second-order valence-corrected chi connectivity index (χ2v) is 6.81. The molecular weight excluding hydrogens is 228 g/mol. The zero-order chi connectivity index (χ0) is 12.2. The molecule has 0 spiro atoms. The van der Waals surface area contributed by atoms with Crippen molar-refractivity contribution >= 4 is 15.7 Å². The van der Waals surface area contributed by atoms with E-state index < -0.39 is 9.84 Å². The van der Waals surface area contributed by atoms with Gasteiger partial charge in [-0.25, -0.2) is 8.42 Å². The molecule has 1 amide bonds. The largest absolute Gasteiger partial charge is 0.353 e. The summed E-state index contributed by atoms with van der Waals surface area (Å²) in [7, 11) is -3.02. The van der Waals surface area contributed by atoms with Crippen LogP contribution < -0.4 is 10.6 Å². The number of carbonyl (C=O) groups is 1. The van der Waals surface area contributed by atoms with E-state index in [0.717, 1.165) is 19.5 Å². The Morgan fingerprint density at radius 3 is 2.75 bits per heavy atom. The average Bonchev–Trinajstić information content (AvgIpc) is 2.51. The van der Waals surface area contributed by atoms with E-state index in [-0.39, 0.29) is 17.7 Å². The van der Waals surface area contributed by atoms with Crippen molar-refractivity contribution in [3.05, 3.63) is 0 Å². The van der Waals surface area contributed by atoms with Crippen LogP contribution in [0.1, 0.15) is 19.8 Å². The van der Waals surface area contributed by atoms with Crippen molar-refractivity contribution in [3.8, 4) is 0 Å². The Morgan fingerprint density at radius 1 is 1.56 bits per heavy atom. The molecule has 1 saturated heterocycles. The molecule has 1 aliphatic heterocycles. The summed E-state index contributed by atoms with van der Waals surface area (Å²) >= 11 is 0. The van der Waals surface area contributed by atoms with Gasteiger partial charge in [0, 0.05) is 18.7 Å². The van der Waals surface area contributed by atoms with Gasteiger partial charge < -0.3 is 10.6 Å². The van der Waals surface area contributed by atoms with Crippen LogP contribution >= 0.6 is 0 Å². The molecule has 0 aliphatic carbocycles. The molecule has 16 heavy (non-hydrogen) atoms. The first-order valence-electron chi connectivity index (χ1n) is 5.54. The van der Waals surface area contributed by atoms with Gasteiger partial charge in [0.25, 0.3) is 0 Å². The minimum atomic E-state index is -3.02. The summed E-state index contributed by atoms with van der Waals surface area (Å²) in [4.78, 5) is 11.6. The van der Waals surface area contributed by atoms with E-state index >= 15 is 0 Å². The van der Waals surface area contributed by atoms with E-state index in [4.69, 9.17) is 0 Å². The molecular formula is C10H20N2O3S. The van der Waals surface area contributed by atoms with Gasteiger partial charge in [0.05, 0.1) is 5.75 Å². The predicted molar refractivity (Wildman–Crippen MR) is 62.9 cm³/mol. The fraction of sp³-hybridized carbons (Fsp3) is 0.900. The quantitative estimate of drug-likeness (QED) is 0.690. The molecule has 1 heterocycles. The second-order valence-electron chi connectivity index (χ2n) is 4.62. The summed E-state index contributed by atoms with van der Waals surface area (Å²) < 4.78 is 22.0. The molecule has 0 aromatic heterocycles. The second kappa shape index (κ2) is 5.63. The van der Waals surface area contributed by atoms with Gasteiger partial charge in [-0.1, -0.05) is 0 Å². The maximum Gasteiger partial charge on any atom is 0.220 e. The number of hydrogen-bond acceptors (Lipinski definition) is 4. The number of amides is 1. The Kier molecular flexibility index (Phi) is 4.73. The number of hydrogen-bond donors (Lipinski definition) is 2. The van der Waals surface area contributed by atoms with E-state index in [1.54, 1.807) is 6.92 Å². The molecule has 1 aliphatic rings. The Bertz CT molecular complexity index is 334. The molecule has 2 N–H and O–H groups in total. The van der Waals surface area contributed by atoms with Crippen molar-refractivity contribution in [1.82, 2.24) is 10.6 Å². The van der Waals surface area contributed by atoms with Crippen LogP contribution in [0.3, 0.4) is 0 Å². The van der Waals surface area contributed by atoms with Gasteiger partial charge in [-0.15, -0.1) is 0 Å². The van der Waals surface area contributed by atoms with Crippen molar-refractivity contribution in [2.45, 2.75) is 25.8 Å². The van der Waals surface area contributed by atoms with Crippen LogP contribution in [-0.4, -0.2) is 45.5 Å². The molecule has 0 saturated carbocycles. The molecule has 1 fully saturated rings. The molecule has 2 atom stereocenters. The summed E-state index contributed by atoms with van der Waals surface area (Å²) in [6.07, 6.45) is 2.69. The van der Waals surface area contributed by atoms with Crippen LogP contribution in [0, 0.1) is 5.92 Å². The standard InChI is InChI=1S/C10H20N2O3S/c1-8(7-16(2,14)15)12-10(13)5-9-3-4-11-6-9/h8-9,11H,3-7H2,1-2H3,(H,12,13). The first kappa shape index (κ1) is 13.4. The zero-order valence-corrected chi connectivity index (χ0v) is 10.6. The highest BCUT2D eigenvalue weighted by Crippen LogP contribution is 2.11. The summed E-state index contributed by atoms with van der Waals surface area (Å²) in [5.74, 6) is 0.344. The maximum absolute atomic E-state index is 11.6. The molecule has 0 radical (unpaired) electrons. The minimum Gasteiger partial charge on any atom is -0.353 e. The van der Waals surface area contributed by atoms with Crippen LogP contribution in [0.5, 0.6) is 0 Å². The van der Waals surface area contributed by atoms with Crippen molar-refractivity contribution in [2.24, 2.45) is 5.92 Å². The van der Waals surface area contributed by atoms with Crippen molar-refractivity contribution in [3.63, 3.8) is 0 Å². The first-order valence-corrected chi connectivity index (χ1v) is 7.60. The van der Waals surface area contributed by atoms with Crippen LogP contribution in [0.2, 0.25) is 0 Å². The number of carbonyl (C=O) groups excluding carboxylic acids is 1. The number of nitrogens with one attached hydrogen (secondary N) is 2. The summed E-state index contributed by atoms with van der Waals surface area (Å²) in [6, 6.07) is -0.308. The van der Waals surface area contributed by atoms with Gasteiger partial charge in [-0.05, 0) is 32.4 Å². The fourth-order valence-electron chi connectivity index (χ4n) is 1.98. The lowest BCUT2D eigenvalue weighted by atomic mass is 10.0. The smallest absolute Gasteiger partial charge is 0.220 e. The van der Waals surface area contributed by atoms with Crippen molar-refractivity contribution in [1.29, 1.82) is 0 Å². The molecule has 2 unspecified atom stereocenters. The lowest BCUT2D eigenvalue weighted by molar-refractivity contribution is -0.122. The highest BCUT2D eigenvalue weighted by atomic mass is 32.2. The van der Waals surface area contributed by atoms with Crippen molar-refractivity contribution in [2.75, 3.05) is 25.1 Å². The Balaban J connectivity index is 2.27. The van der Waals surface area contributed by atoms with Gasteiger partial charge in [-0.3, -0.25) is 4.79 Å². The monoisotopic (exact) mass is 248 g/mol. The normalized spacial score (nSPS) is 23.0. The summed E-state index contributed by atoms with van der Waals surface area (Å²) in [6.45, 7) is 3.57. The Labute approximate surface area is 96.9 Å². The number of sulfone groups is 1. The zero-order valence-electron chi connectivity index (χ0n) is 9.82. The molecule has 0 bridgehead atoms. The predicted octanol–water partition coefficient (Wildman–Crippen LogP) is -0.465. The average molecular weight is 248 g/mol. The third-order valence-electron chi connectivity index (χ3n) is 2.60. The van der Waals surface area contributed by atoms with E-state index in [9.17, 15) is 13.2 Å². The van der Waals surface area contributed by atoms with E-state index in [1.807, 2.05) is 0 Å². The molecule has 0 aromatic carbocycles. The van der Waals surface area contributed by atoms with Crippen molar-refractivity contribution < 1.29 is 13.2 Å².